The average molecular weight is 545 g/mol. The molecule has 10 nitrogen and oxygen atoms in total. The fraction of sp³-hybridized carbons (Fsp3) is 0.250. The molecule has 1 amide bonds. The van der Waals surface area contributed by atoms with Gasteiger partial charge in [0.05, 0.1) is 21.3 Å². The van der Waals surface area contributed by atoms with Crippen LogP contribution in [-0.2, 0) is 9.47 Å². The molecule has 14 heteroatoms. The number of nitrogens with zero attached hydrogens (tertiary/aromatic N) is 2. The van der Waals surface area contributed by atoms with Gasteiger partial charge < -0.3 is 26.4 Å². The van der Waals surface area contributed by atoms with Crippen LogP contribution in [0.3, 0.4) is 0 Å². The van der Waals surface area contributed by atoms with E-state index >= 15 is 0 Å². The van der Waals surface area contributed by atoms with E-state index in [-0.39, 0.29) is 34.9 Å². The van der Waals surface area contributed by atoms with Crippen LogP contribution in [0.4, 0.5) is 4.79 Å². The van der Waals surface area contributed by atoms with Gasteiger partial charge in [0, 0.05) is 29.5 Å². The summed E-state index contributed by atoms with van der Waals surface area (Å²) >= 11 is 12.0. The normalized spacial score (nSPS) is 12.0. The molecule has 2 rings (SSSR count). The van der Waals surface area contributed by atoms with Crippen LogP contribution in [0.2, 0.25) is 10.0 Å². The van der Waals surface area contributed by atoms with Crippen LogP contribution in [0.25, 0.3) is 0 Å². The van der Waals surface area contributed by atoms with Crippen LogP contribution in [0.15, 0.2) is 47.7 Å². The Balaban J connectivity index is 1.60. The number of nitrogens with one attached hydrogen (secondary N) is 2. The molecule has 0 aliphatic heterocycles. The number of carbonyl (C=O) groups excluding carboxylic acids is 2. The number of hydrogen-bond acceptors (Lipinski definition) is 10. The molecule has 0 fully saturated rings. The first-order valence-electron chi connectivity index (χ1n) is 9.66. The number of esters is 1. The van der Waals surface area contributed by atoms with Crippen molar-refractivity contribution in [1.82, 2.24) is 10.3 Å². The smallest absolute Gasteiger partial charge is 0.413 e. The monoisotopic (exact) mass is 544 g/mol. The molecule has 0 saturated carbocycles. The Hall–Kier alpha value is -2.51. The predicted octanol–water partition coefficient (Wildman–Crippen LogP) is 3.32. The van der Waals surface area contributed by atoms with Crippen LogP contribution < -0.4 is 16.8 Å². The zero-order chi connectivity index (χ0) is 24.9. The predicted molar refractivity (Wildman–Crippen MR) is 137 cm³/mol. The maximum Gasteiger partial charge on any atom is 0.413 e. The maximum absolute atomic E-state index is 11.8. The summed E-state index contributed by atoms with van der Waals surface area (Å²) in [5.41, 5.74) is 12.1. The molecule has 0 bridgehead atoms. The van der Waals surface area contributed by atoms with E-state index in [2.05, 4.69) is 15.3 Å². The highest BCUT2D eigenvalue weighted by Gasteiger charge is 2.16. The summed E-state index contributed by atoms with van der Waals surface area (Å²) in [5, 5.41) is 10.8. The molecular formula is C20H22Cl2N6O4S2. The van der Waals surface area contributed by atoms with Gasteiger partial charge in [-0.25, -0.2) is 14.6 Å². The van der Waals surface area contributed by atoms with E-state index in [0.717, 1.165) is 0 Å². The fourth-order valence-electron chi connectivity index (χ4n) is 2.28. The number of carbonyl (C=O) groups is 2. The largest absolute Gasteiger partial charge is 0.461 e. The number of amides is 1. The Kier molecular flexibility index (Phi) is 12.0. The van der Waals surface area contributed by atoms with Crippen molar-refractivity contribution in [2.45, 2.75) is 6.17 Å². The second-order valence-corrected chi connectivity index (χ2v) is 9.74. The number of guanidine groups is 1. The van der Waals surface area contributed by atoms with E-state index in [4.69, 9.17) is 49.6 Å². The van der Waals surface area contributed by atoms with E-state index in [1.54, 1.807) is 36.5 Å². The third-order valence-electron chi connectivity index (χ3n) is 3.83. The van der Waals surface area contributed by atoms with E-state index in [0.29, 0.717) is 22.6 Å². The highest BCUT2D eigenvalue weighted by molar-refractivity contribution is 8.76. The Labute approximate surface area is 214 Å². The van der Waals surface area contributed by atoms with Gasteiger partial charge in [-0.05, 0) is 18.2 Å². The number of nitrogens with two attached hydrogens (primary N) is 2. The molecule has 0 aliphatic carbocycles. The van der Waals surface area contributed by atoms with Gasteiger partial charge in [0.15, 0.2) is 5.96 Å². The molecular weight excluding hydrogens is 523 g/mol. The fourth-order valence-corrected chi connectivity index (χ4v) is 4.34. The van der Waals surface area contributed by atoms with E-state index in [1.807, 2.05) is 0 Å². The van der Waals surface area contributed by atoms with Gasteiger partial charge in [-0.15, -0.1) is 0 Å². The van der Waals surface area contributed by atoms with Crippen molar-refractivity contribution >= 4 is 68.5 Å². The lowest BCUT2D eigenvalue weighted by Gasteiger charge is -2.13. The SMILES string of the molecule is N=C(c1cccc(Cl)c1Cl)C(N)/N=C(/N)NC(=O)OCCSSCCOC(=O)c1cccnc1. The van der Waals surface area contributed by atoms with Gasteiger partial charge in [0.1, 0.15) is 19.4 Å². The molecule has 2 aromatic rings. The molecule has 1 heterocycles. The number of ether oxygens (including phenoxy) is 2. The molecule has 6 N–H and O–H groups in total. The zero-order valence-electron chi connectivity index (χ0n) is 17.7. The number of aliphatic imine (C=N–C) groups is 1. The average Bonchev–Trinajstić information content (AvgIpc) is 2.82. The van der Waals surface area contributed by atoms with Crippen molar-refractivity contribution in [3.05, 3.63) is 63.9 Å². The summed E-state index contributed by atoms with van der Waals surface area (Å²) in [5.74, 6) is 0.341. The Bertz CT molecular complexity index is 1030. The summed E-state index contributed by atoms with van der Waals surface area (Å²) in [6.07, 6.45) is 1.04. The lowest BCUT2D eigenvalue weighted by molar-refractivity contribution is 0.0530. The number of benzene rings is 1. The number of rotatable bonds is 11. The van der Waals surface area contributed by atoms with Gasteiger partial charge in [0.25, 0.3) is 0 Å². The first-order chi connectivity index (χ1) is 16.3. The van der Waals surface area contributed by atoms with E-state index < -0.39 is 18.2 Å². The number of hydrogen-bond donors (Lipinski definition) is 4. The second kappa shape index (κ2) is 14.7. The highest BCUT2D eigenvalue weighted by Crippen LogP contribution is 2.26. The summed E-state index contributed by atoms with van der Waals surface area (Å²) in [7, 11) is 2.92. The highest BCUT2D eigenvalue weighted by atomic mass is 35.5. The molecule has 0 radical (unpaired) electrons. The molecule has 1 aromatic carbocycles. The quantitative estimate of drug-likeness (QED) is 0.109. The third kappa shape index (κ3) is 9.39. The van der Waals surface area contributed by atoms with Crippen molar-refractivity contribution in [3.8, 4) is 0 Å². The number of pyridine rings is 1. The van der Waals surface area contributed by atoms with Crippen molar-refractivity contribution in [2.75, 3.05) is 24.7 Å². The first kappa shape index (κ1) is 27.7. The molecule has 1 aromatic heterocycles. The lowest BCUT2D eigenvalue weighted by Crippen LogP contribution is -2.41. The standard InChI is InChI=1S/C20H22Cl2N6O4S2/c21-14-5-1-4-13(15(14)22)16(23)17(24)27-19(25)28-20(30)32-8-10-34-33-9-7-31-18(29)12-3-2-6-26-11-12/h1-6,11,17,23H,7-10,24H2,(H3,25,27,28,30). The molecule has 0 saturated heterocycles. The number of alkyl carbamates (subject to hydrolysis) is 1. The van der Waals surface area contributed by atoms with Crippen LogP contribution in [0.5, 0.6) is 0 Å². The summed E-state index contributed by atoms with van der Waals surface area (Å²) in [6, 6.07) is 8.07. The minimum atomic E-state index is -1.17. The Morgan fingerprint density at radius 1 is 1.15 bits per heavy atom. The third-order valence-corrected chi connectivity index (χ3v) is 6.98. The number of halogens is 2. The first-order valence-corrected chi connectivity index (χ1v) is 12.9. The maximum atomic E-state index is 11.8. The summed E-state index contributed by atoms with van der Waals surface area (Å²) < 4.78 is 10.1. The lowest BCUT2D eigenvalue weighted by atomic mass is 10.1. The van der Waals surface area contributed by atoms with Crippen LogP contribution in [0.1, 0.15) is 15.9 Å². The molecule has 182 valence electrons. The van der Waals surface area contributed by atoms with Gasteiger partial charge >= 0.3 is 12.1 Å². The molecule has 1 atom stereocenters. The molecule has 0 aliphatic rings. The van der Waals surface area contributed by atoms with Gasteiger partial charge in [-0.3, -0.25) is 10.3 Å². The number of aromatic nitrogens is 1. The molecule has 0 spiro atoms. The minimum absolute atomic E-state index is 0.117. The van der Waals surface area contributed by atoms with Crippen molar-refractivity contribution in [3.63, 3.8) is 0 Å². The molecule has 1 unspecified atom stereocenters. The van der Waals surface area contributed by atoms with Crippen LogP contribution in [-0.4, -0.2) is 59.6 Å². The van der Waals surface area contributed by atoms with Crippen molar-refractivity contribution in [1.29, 1.82) is 5.41 Å². The Morgan fingerprint density at radius 2 is 1.85 bits per heavy atom. The van der Waals surface area contributed by atoms with Crippen LogP contribution >= 0.6 is 44.8 Å². The van der Waals surface area contributed by atoms with Gasteiger partial charge in [-0.2, -0.15) is 0 Å². The van der Waals surface area contributed by atoms with Gasteiger partial charge in [-0.1, -0.05) is 56.9 Å². The van der Waals surface area contributed by atoms with Crippen molar-refractivity contribution in [2.24, 2.45) is 16.5 Å². The zero-order valence-corrected chi connectivity index (χ0v) is 20.8. The molecule has 34 heavy (non-hydrogen) atoms. The second-order valence-electron chi connectivity index (χ2n) is 6.26. The topological polar surface area (TPSA) is 166 Å². The Morgan fingerprint density at radius 3 is 2.53 bits per heavy atom. The minimum Gasteiger partial charge on any atom is -0.461 e. The van der Waals surface area contributed by atoms with E-state index in [9.17, 15) is 9.59 Å². The summed E-state index contributed by atoms with van der Waals surface area (Å²) in [4.78, 5) is 31.3. The van der Waals surface area contributed by atoms with E-state index in [1.165, 1.54) is 27.8 Å². The van der Waals surface area contributed by atoms with Gasteiger partial charge in [0.2, 0.25) is 0 Å². The van der Waals surface area contributed by atoms with Crippen LogP contribution in [0, 0.1) is 5.41 Å². The van der Waals surface area contributed by atoms with Crippen molar-refractivity contribution < 1.29 is 19.1 Å². The summed E-state index contributed by atoms with van der Waals surface area (Å²) in [6.45, 7) is 0.363.